The van der Waals surface area contributed by atoms with E-state index in [9.17, 15) is 32.4 Å². The first-order valence-corrected chi connectivity index (χ1v) is 16.6. The molecule has 0 fully saturated rings. The third-order valence-corrected chi connectivity index (χ3v) is 11.0. The molecule has 6 aromatic carbocycles. The van der Waals surface area contributed by atoms with Crippen molar-refractivity contribution in [3.05, 3.63) is 174 Å². The number of Topliss-reactive ketones (excluding diaryl/α,β-unsaturated/α-hetero) is 1. The predicted molar refractivity (Wildman–Crippen MR) is 185 cm³/mol. The molecule has 0 unspecified atom stereocenters. The number of alkyl halides is 3. The Kier molecular flexibility index (Phi) is 11.2. The van der Waals surface area contributed by atoms with Crippen molar-refractivity contribution in [3.8, 4) is 11.4 Å². The monoisotopic (exact) mass is 814 g/mol. The minimum absolute atomic E-state index is 0. The number of hydrogen-bond donors (Lipinski definition) is 1. The van der Waals surface area contributed by atoms with Crippen LogP contribution in [0.1, 0.15) is 10.4 Å². The Bertz CT molecular complexity index is 2250. The molecule has 0 saturated carbocycles. The topological polar surface area (TPSA) is 76.4 Å². The molecule has 0 amide bonds. The molecule has 49 heavy (non-hydrogen) atoms. The molecule has 7 aromatic rings. The summed E-state index contributed by atoms with van der Waals surface area (Å²) < 4.78 is 54.1. The summed E-state index contributed by atoms with van der Waals surface area (Å²) in [7, 11) is -2.78. The van der Waals surface area contributed by atoms with Gasteiger partial charge in [-0.15, -0.1) is 0 Å². The van der Waals surface area contributed by atoms with Crippen LogP contribution in [-0.2, 0) is 4.57 Å². The van der Waals surface area contributed by atoms with Gasteiger partial charge in [-0.2, -0.15) is 13.2 Å². The number of carbonyl (C=O) groups is 1. The summed E-state index contributed by atoms with van der Waals surface area (Å²) >= 11 is 0. The third kappa shape index (κ3) is 7.13. The van der Waals surface area contributed by atoms with Gasteiger partial charge >= 0.3 is 6.18 Å². The zero-order valence-electron chi connectivity index (χ0n) is 25.6. The fourth-order valence-electron chi connectivity index (χ4n) is 5.67. The Morgan fingerprint density at radius 3 is 1.49 bits per heavy atom. The summed E-state index contributed by atoms with van der Waals surface area (Å²) in [5, 5.41) is 14.3. The first-order valence-electron chi connectivity index (χ1n) is 14.9. The van der Waals surface area contributed by atoms with E-state index in [-0.39, 0.29) is 66.0 Å². The van der Waals surface area contributed by atoms with Crippen LogP contribution in [0.15, 0.2) is 163 Å². The van der Waals surface area contributed by atoms with Crippen LogP contribution in [0.25, 0.3) is 27.4 Å². The van der Waals surface area contributed by atoms with Crippen molar-refractivity contribution in [1.29, 1.82) is 0 Å². The third-order valence-electron chi connectivity index (χ3n) is 7.89. The molecule has 1 aromatic heterocycles. The normalized spacial score (nSPS) is 11.3. The molecule has 7 rings (SSSR count). The molecule has 1 heterocycles. The molecule has 0 aliphatic heterocycles. The fourth-order valence-corrected chi connectivity index (χ4v) is 8.34. The summed E-state index contributed by atoms with van der Waals surface area (Å²) in [4.78, 5) is 24.9. The van der Waals surface area contributed by atoms with Crippen LogP contribution in [0.4, 0.5) is 13.2 Å². The van der Waals surface area contributed by atoms with E-state index in [4.69, 9.17) is 0 Å². The minimum atomic E-state index is -5.30. The van der Waals surface area contributed by atoms with Gasteiger partial charge in [0.2, 0.25) is 0 Å². The van der Waals surface area contributed by atoms with Crippen molar-refractivity contribution >= 4 is 50.5 Å². The summed E-state index contributed by atoms with van der Waals surface area (Å²) in [5.74, 6) is -3.35. The summed E-state index contributed by atoms with van der Waals surface area (Å²) in [5.41, 5.74) is -2.01. The van der Waals surface area contributed by atoms with E-state index in [0.717, 1.165) is 25.9 Å². The van der Waals surface area contributed by atoms with E-state index in [0.29, 0.717) is 5.39 Å². The van der Waals surface area contributed by atoms with Crippen LogP contribution < -0.4 is 21.5 Å². The number of rotatable bonds is 5. The molecule has 0 spiro atoms. The van der Waals surface area contributed by atoms with Crippen molar-refractivity contribution in [1.82, 2.24) is 4.57 Å². The second-order valence-corrected chi connectivity index (χ2v) is 13.6. The van der Waals surface area contributed by atoms with E-state index in [1.165, 1.54) is 6.07 Å². The van der Waals surface area contributed by atoms with Gasteiger partial charge in [0.25, 0.3) is 11.3 Å². The summed E-state index contributed by atoms with van der Waals surface area (Å²) in [6, 6.07) is 47.1. The molecule has 1 radical (unpaired) electrons. The van der Waals surface area contributed by atoms with Gasteiger partial charge in [-0.1, -0.05) is 140 Å². The maximum Gasteiger partial charge on any atom is 0.455 e. The van der Waals surface area contributed by atoms with Gasteiger partial charge in [-0.3, -0.25) is 14.2 Å². The first-order chi connectivity index (χ1) is 23.1. The van der Waals surface area contributed by atoms with Crippen molar-refractivity contribution in [3.63, 3.8) is 0 Å². The largest absolute Gasteiger partial charge is 0.506 e. The Balaban J connectivity index is 0.000000197. The summed E-state index contributed by atoms with van der Waals surface area (Å²) in [6.45, 7) is 0. The van der Waals surface area contributed by atoms with Gasteiger partial charge in [0, 0.05) is 81.8 Å². The van der Waals surface area contributed by atoms with Gasteiger partial charge in [0.05, 0.1) is 5.52 Å². The maximum absolute atomic E-state index is 13.8. The van der Waals surface area contributed by atoms with Gasteiger partial charge in [0.15, 0.2) is 7.14 Å². The molecule has 0 bridgehead atoms. The number of nitrogens with zero attached hydrogens (tertiary/aromatic N) is 1. The number of carbonyl (C=O) groups excluding carboxylic acids is 1. The second-order valence-electron chi connectivity index (χ2n) is 10.8. The average molecular weight is 814 g/mol. The van der Waals surface area contributed by atoms with Gasteiger partial charge in [0.1, 0.15) is 11.3 Å². The van der Waals surface area contributed by atoms with Crippen LogP contribution in [-0.4, -0.2) is 21.6 Å². The molecule has 0 atom stereocenters. The van der Waals surface area contributed by atoms with E-state index in [1.54, 1.807) is 60.7 Å². The number of fused-ring (bicyclic) bond motifs is 3. The molecular formula is C39H27EuF3NO4P. The number of halogens is 3. The van der Waals surface area contributed by atoms with Crippen molar-refractivity contribution in [2.45, 2.75) is 6.18 Å². The smallest absolute Gasteiger partial charge is 0.455 e. The van der Waals surface area contributed by atoms with Crippen molar-refractivity contribution < 1.29 is 77.0 Å². The Labute approximate surface area is 320 Å². The minimum Gasteiger partial charge on any atom is -0.506 e. The molecule has 1 N–H and O–H groups in total. The Morgan fingerprint density at radius 2 is 1.02 bits per heavy atom. The SMILES string of the molecule is O=C(c1c(O)c2ccc3ccccc3c2n(-c2ccccc2)c1=O)C(F)(F)F.O=P(c1ccccc1)(c1ccccc1)c1ccccc1.[Eu]. The number of para-hydroxylation sites is 1. The van der Waals surface area contributed by atoms with Crippen LogP contribution >= 0.6 is 7.14 Å². The molecule has 5 nitrogen and oxygen atoms in total. The number of hydrogen-bond acceptors (Lipinski definition) is 4. The van der Waals surface area contributed by atoms with Crippen LogP contribution in [0.5, 0.6) is 5.75 Å². The molecular weight excluding hydrogens is 786 g/mol. The molecule has 0 aliphatic carbocycles. The molecule has 10 heteroatoms. The average Bonchev–Trinajstić information content (AvgIpc) is 3.12. The Morgan fingerprint density at radius 1 is 0.592 bits per heavy atom. The standard InChI is InChI=1S/C21H12F3NO3.C18H15OP.Eu/c22-21(23,24)19(27)16-18(26)15-11-10-12-6-4-5-9-14(12)17(15)25(20(16)28)13-7-2-1-3-8-13;19-20(16-10-4-1-5-11-16,17-12-6-2-7-13-17)18-14-8-3-9-15-18;/h1-11,26H;1-15H;. The molecule has 0 saturated heterocycles. The molecule has 245 valence electrons. The quantitative estimate of drug-likeness (QED) is 0.109. The zero-order chi connectivity index (χ0) is 33.9. The number of ketones is 1. The first kappa shape index (κ1) is 36.2. The van der Waals surface area contributed by atoms with E-state index in [1.807, 2.05) is 91.0 Å². The van der Waals surface area contributed by atoms with Gasteiger partial charge < -0.3 is 9.67 Å². The number of aromatic nitrogens is 1. The van der Waals surface area contributed by atoms with Gasteiger partial charge in [-0.05, 0) is 23.6 Å². The second kappa shape index (κ2) is 15.2. The summed E-state index contributed by atoms with van der Waals surface area (Å²) in [6.07, 6.45) is -5.30. The zero-order valence-corrected chi connectivity index (χ0v) is 28.9. The Hall–Kier alpha value is -4.14. The maximum atomic E-state index is 13.8. The van der Waals surface area contributed by atoms with Crippen LogP contribution in [0.2, 0.25) is 0 Å². The van der Waals surface area contributed by atoms with Crippen LogP contribution in [0.3, 0.4) is 0 Å². The van der Waals surface area contributed by atoms with Crippen molar-refractivity contribution in [2.24, 2.45) is 0 Å². The van der Waals surface area contributed by atoms with Crippen molar-refractivity contribution in [2.75, 3.05) is 0 Å². The van der Waals surface area contributed by atoms with Crippen LogP contribution in [0, 0.1) is 49.4 Å². The van der Waals surface area contributed by atoms with E-state index >= 15 is 0 Å². The number of benzene rings is 6. The number of pyridine rings is 1. The predicted octanol–water partition coefficient (Wildman–Crippen LogP) is 7.92. The van der Waals surface area contributed by atoms with E-state index in [2.05, 4.69) is 0 Å². The fraction of sp³-hybridized carbons (Fsp3) is 0.0256. The number of aromatic hydroxyl groups is 1. The van der Waals surface area contributed by atoms with E-state index < -0.39 is 36.0 Å². The molecule has 0 aliphatic rings. The van der Waals surface area contributed by atoms with Gasteiger partial charge in [-0.25, -0.2) is 0 Å².